The Morgan fingerprint density at radius 1 is 1.30 bits per heavy atom. The van der Waals surface area contributed by atoms with Crippen molar-refractivity contribution in [1.82, 2.24) is 0 Å². The lowest BCUT2D eigenvalue weighted by atomic mass is 10.0. The highest BCUT2D eigenvalue weighted by Crippen LogP contribution is 2.29. The first-order valence-corrected chi connectivity index (χ1v) is 7.14. The van der Waals surface area contributed by atoms with E-state index in [0.717, 1.165) is 10.0 Å². The molecule has 106 valence electrons. The van der Waals surface area contributed by atoms with Crippen molar-refractivity contribution in [2.45, 2.75) is 12.5 Å². The maximum atomic E-state index is 13.7. The van der Waals surface area contributed by atoms with Gasteiger partial charge in [0.2, 0.25) is 0 Å². The number of methoxy groups -OCH3 is 1. The lowest BCUT2D eigenvalue weighted by Crippen LogP contribution is -2.04. The summed E-state index contributed by atoms with van der Waals surface area (Å²) < 4.78 is 19.6. The molecule has 1 N–H and O–H groups in total. The molecule has 5 heteroatoms. The van der Waals surface area contributed by atoms with E-state index < -0.39 is 11.9 Å². The summed E-state index contributed by atoms with van der Waals surface area (Å²) in [6, 6.07) is 9.61. The summed E-state index contributed by atoms with van der Waals surface area (Å²) in [6.45, 7) is 0. The molecule has 1 atom stereocenters. The summed E-state index contributed by atoms with van der Waals surface area (Å²) >= 11 is 9.20. The molecule has 0 saturated carbocycles. The molecule has 0 spiro atoms. The first kappa shape index (κ1) is 15.3. The van der Waals surface area contributed by atoms with Gasteiger partial charge < -0.3 is 9.84 Å². The molecule has 0 fully saturated rings. The fourth-order valence-corrected chi connectivity index (χ4v) is 2.71. The summed E-state index contributed by atoms with van der Waals surface area (Å²) in [6.07, 6.45) is -0.658. The van der Waals surface area contributed by atoms with E-state index in [1.165, 1.54) is 18.2 Å². The minimum absolute atomic E-state index is 0.199. The van der Waals surface area contributed by atoms with Gasteiger partial charge in [-0.05, 0) is 51.8 Å². The number of rotatable bonds is 4. The standard InChI is InChI=1S/C15H13BrClFO2/c1-20-15-5-2-9(6-12(15)16)7-14(19)11-8-10(17)3-4-13(11)18/h2-6,8,14,19H,7H2,1H3. The largest absolute Gasteiger partial charge is 0.496 e. The highest BCUT2D eigenvalue weighted by atomic mass is 79.9. The van der Waals surface area contributed by atoms with Crippen molar-refractivity contribution < 1.29 is 14.2 Å². The third kappa shape index (κ3) is 3.51. The topological polar surface area (TPSA) is 29.5 Å². The molecule has 2 nitrogen and oxygen atoms in total. The zero-order chi connectivity index (χ0) is 14.7. The van der Waals surface area contributed by atoms with Crippen LogP contribution in [0.25, 0.3) is 0 Å². The summed E-state index contributed by atoms with van der Waals surface area (Å²) in [4.78, 5) is 0. The van der Waals surface area contributed by atoms with Gasteiger partial charge in [0.15, 0.2) is 0 Å². The smallest absolute Gasteiger partial charge is 0.133 e. The second-order valence-corrected chi connectivity index (χ2v) is 5.65. The minimum Gasteiger partial charge on any atom is -0.496 e. The minimum atomic E-state index is -0.950. The molecule has 0 heterocycles. The average molecular weight is 360 g/mol. The molecule has 0 aliphatic carbocycles. The van der Waals surface area contributed by atoms with Crippen molar-refractivity contribution in [1.29, 1.82) is 0 Å². The number of ether oxygens (including phenoxy) is 1. The molecule has 0 aliphatic heterocycles. The Balaban J connectivity index is 2.21. The summed E-state index contributed by atoms with van der Waals surface area (Å²) in [5, 5.41) is 10.6. The van der Waals surface area contributed by atoms with E-state index in [9.17, 15) is 9.50 Å². The molecule has 20 heavy (non-hydrogen) atoms. The van der Waals surface area contributed by atoms with Crippen LogP contribution in [0.4, 0.5) is 4.39 Å². The van der Waals surface area contributed by atoms with Gasteiger partial charge in [0.25, 0.3) is 0 Å². The second kappa shape index (κ2) is 6.57. The van der Waals surface area contributed by atoms with Gasteiger partial charge in [0, 0.05) is 17.0 Å². The quantitative estimate of drug-likeness (QED) is 0.869. The van der Waals surface area contributed by atoms with Gasteiger partial charge in [-0.3, -0.25) is 0 Å². The molecule has 2 aromatic rings. The Morgan fingerprint density at radius 3 is 2.70 bits per heavy atom. The molecule has 0 bridgehead atoms. The Morgan fingerprint density at radius 2 is 2.05 bits per heavy atom. The van der Waals surface area contributed by atoms with Crippen LogP contribution in [0.2, 0.25) is 5.02 Å². The van der Waals surface area contributed by atoms with Gasteiger partial charge in [-0.25, -0.2) is 4.39 Å². The molecular formula is C15H13BrClFO2. The zero-order valence-electron chi connectivity index (χ0n) is 10.7. The Hall–Kier alpha value is -1.10. The predicted octanol–water partition coefficient (Wildman–Crippen LogP) is 4.53. The Kier molecular flexibility index (Phi) is 5.02. The first-order valence-electron chi connectivity index (χ1n) is 5.96. The second-order valence-electron chi connectivity index (χ2n) is 4.35. The highest BCUT2D eigenvalue weighted by Gasteiger charge is 2.15. The van der Waals surface area contributed by atoms with E-state index in [0.29, 0.717) is 17.2 Å². The van der Waals surface area contributed by atoms with Gasteiger partial charge in [-0.15, -0.1) is 0 Å². The van der Waals surface area contributed by atoms with Crippen LogP contribution >= 0.6 is 27.5 Å². The van der Waals surface area contributed by atoms with Crippen molar-refractivity contribution >= 4 is 27.5 Å². The van der Waals surface area contributed by atoms with E-state index in [-0.39, 0.29) is 5.56 Å². The van der Waals surface area contributed by atoms with Gasteiger partial charge in [0.1, 0.15) is 11.6 Å². The van der Waals surface area contributed by atoms with Crippen LogP contribution in [0.1, 0.15) is 17.2 Å². The fourth-order valence-electron chi connectivity index (χ4n) is 1.94. The highest BCUT2D eigenvalue weighted by molar-refractivity contribution is 9.10. The van der Waals surface area contributed by atoms with Crippen LogP contribution in [0, 0.1) is 5.82 Å². The SMILES string of the molecule is COc1ccc(CC(O)c2cc(Cl)ccc2F)cc1Br. The van der Waals surface area contributed by atoms with Crippen LogP contribution in [-0.2, 0) is 6.42 Å². The van der Waals surface area contributed by atoms with Gasteiger partial charge in [-0.2, -0.15) is 0 Å². The maximum absolute atomic E-state index is 13.7. The molecule has 2 aromatic carbocycles. The van der Waals surface area contributed by atoms with Crippen molar-refractivity contribution in [2.75, 3.05) is 7.11 Å². The molecule has 2 rings (SSSR count). The van der Waals surface area contributed by atoms with Crippen molar-refractivity contribution in [3.05, 3.63) is 62.8 Å². The van der Waals surface area contributed by atoms with Crippen molar-refractivity contribution in [3.8, 4) is 5.75 Å². The third-order valence-corrected chi connectivity index (χ3v) is 3.82. The summed E-state index contributed by atoms with van der Waals surface area (Å²) in [7, 11) is 1.58. The van der Waals surface area contributed by atoms with Crippen molar-refractivity contribution in [3.63, 3.8) is 0 Å². The Labute approximate surface area is 130 Å². The third-order valence-electron chi connectivity index (χ3n) is 2.96. The summed E-state index contributed by atoms with van der Waals surface area (Å²) in [5.74, 6) is 0.242. The molecule has 0 radical (unpaired) electrons. The molecule has 0 aliphatic rings. The average Bonchev–Trinajstić information content (AvgIpc) is 2.41. The number of hydrogen-bond donors (Lipinski definition) is 1. The zero-order valence-corrected chi connectivity index (χ0v) is 13.1. The van der Waals surface area contributed by atoms with Crippen molar-refractivity contribution in [2.24, 2.45) is 0 Å². The van der Waals surface area contributed by atoms with E-state index in [4.69, 9.17) is 16.3 Å². The number of benzene rings is 2. The maximum Gasteiger partial charge on any atom is 0.133 e. The number of aliphatic hydroxyl groups is 1. The lowest BCUT2D eigenvalue weighted by molar-refractivity contribution is 0.173. The predicted molar refractivity (Wildman–Crippen MR) is 80.8 cm³/mol. The lowest BCUT2D eigenvalue weighted by Gasteiger charge is -2.13. The van der Waals surface area contributed by atoms with Crippen LogP contribution < -0.4 is 4.74 Å². The molecular weight excluding hydrogens is 347 g/mol. The molecule has 0 saturated heterocycles. The fraction of sp³-hybridized carbons (Fsp3) is 0.200. The van der Waals surface area contributed by atoms with Gasteiger partial charge >= 0.3 is 0 Å². The van der Waals surface area contributed by atoms with Crippen LogP contribution in [-0.4, -0.2) is 12.2 Å². The first-order chi connectivity index (χ1) is 9.51. The monoisotopic (exact) mass is 358 g/mol. The van der Waals surface area contributed by atoms with Gasteiger partial charge in [-0.1, -0.05) is 17.7 Å². The van der Waals surface area contributed by atoms with Gasteiger partial charge in [0.05, 0.1) is 17.7 Å². The van der Waals surface area contributed by atoms with E-state index in [1.54, 1.807) is 13.2 Å². The molecule has 0 aromatic heterocycles. The number of hydrogen-bond acceptors (Lipinski definition) is 2. The van der Waals surface area contributed by atoms with E-state index >= 15 is 0 Å². The normalized spacial score (nSPS) is 12.2. The summed E-state index contributed by atoms with van der Waals surface area (Å²) in [5.41, 5.74) is 1.06. The number of halogens is 3. The van der Waals surface area contributed by atoms with E-state index in [2.05, 4.69) is 15.9 Å². The van der Waals surface area contributed by atoms with Crippen LogP contribution in [0.15, 0.2) is 40.9 Å². The number of aliphatic hydroxyl groups excluding tert-OH is 1. The molecule has 0 amide bonds. The molecule has 1 unspecified atom stereocenters. The van der Waals surface area contributed by atoms with E-state index in [1.807, 2.05) is 12.1 Å². The Bertz CT molecular complexity index is 619. The van der Waals surface area contributed by atoms with Crippen LogP contribution in [0.3, 0.4) is 0 Å². The van der Waals surface area contributed by atoms with Crippen LogP contribution in [0.5, 0.6) is 5.75 Å².